The largest absolute Gasteiger partial charge is 0.496 e. The lowest BCUT2D eigenvalue weighted by molar-refractivity contribution is 0.410. The van der Waals surface area contributed by atoms with Crippen molar-refractivity contribution in [1.29, 1.82) is 0 Å². The lowest BCUT2D eigenvalue weighted by atomic mass is 10.2. The van der Waals surface area contributed by atoms with Crippen LogP contribution in [0.2, 0.25) is 0 Å². The molecule has 0 radical (unpaired) electrons. The summed E-state index contributed by atoms with van der Waals surface area (Å²) >= 11 is 0. The van der Waals surface area contributed by atoms with E-state index in [1.165, 1.54) is 7.11 Å². The second kappa shape index (κ2) is 5.81. The molecule has 0 aliphatic rings. The maximum atomic E-state index is 13.5. The van der Waals surface area contributed by atoms with Crippen LogP contribution in [0.3, 0.4) is 0 Å². The highest BCUT2D eigenvalue weighted by Crippen LogP contribution is 2.26. The highest BCUT2D eigenvalue weighted by molar-refractivity contribution is 5.48. The average molecular weight is 285 g/mol. The molecule has 0 aliphatic heterocycles. The Morgan fingerprint density at radius 1 is 1.00 bits per heavy atom. The Morgan fingerprint density at radius 2 is 1.60 bits per heavy atom. The van der Waals surface area contributed by atoms with Crippen LogP contribution in [0, 0.1) is 23.3 Å². The van der Waals surface area contributed by atoms with Crippen LogP contribution in [0.15, 0.2) is 30.3 Å². The summed E-state index contributed by atoms with van der Waals surface area (Å²) in [7, 11) is 1.45. The first-order valence-corrected chi connectivity index (χ1v) is 5.73. The summed E-state index contributed by atoms with van der Waals surface area (Å²) in [6.45, 7) is -0.0409. The summed E-state index contributed by atoms with van der Waals surface area (Å²) in [5.41, 5.74) is -0.244. The van der Waals surface area contributed by atoms with Crippen molar-refractivity contribution in [3.05, 3.63) is 59.2 Å². The third-order valence-electron chi connectivity index (χ3n) is 2.76. The van der Waals surface area contributed by atoms with E-state index in [2.05, 4.69) is 5.32 Å². The van der Waals surface area contributed by atoms with Crippen molar-refractivity contribution in [1.82, 2.24) is 0 Å². The van der Waals surface area contributed by atoms with Gasteiger partial charge in [-0.2, -0.15) is 0 Å². The summed E-state index contributed by atoms with van der Waals surface area (Å²) in [4.78, 5) is 0. The molecular formula is C14H11F4NO. The average Bonchev–Trinajstić information content (AvgIpc) is 2.45. The number of methoxy groups -OCH3 is 1. The molecule has 2 aromatic rings. The Balaban J connectivity index is 2.27. The molecule has 20 heavy (non-hydrogen) atoms. The van der Waals surface area contributed by atoms with Crippen molar-refractivity contribution in [2.75, 3.05) is 12.4 Å². The van der Waals surface area contributed by atoms with Gasteiger partial charge in [0.05, 0.1) is 7.11 Å². The predicted octanol–water partition coefficient (Wildman–Crippen LogP) is 3.86. The van der Waals surface area contributed by atoms with E-state index in [-0.39, 0.29) is 12.6 Å². The smallest absolute Gasteiger partial charge is 0.185 e. The highest BCUT2D eigenvalue weighted by Gasteiger charge is 2.19. The van der Waals surface area contributed by atoms with Gasteiger partial charge in [0.1, 0.15) is 11.4 Å². The monoisotopic (exact) mass is 285 g/mol. The van der Waals surface area contributed by atoms with Gasteiger partial charge in [0.2, 0.25) is 0 Å². The van der Waals surface area contributed by atoms with Gasteiger partial charge in [-0.25, -0.2) is 17.6 Å². The van der Waals surface area contributed by atoms with Crippen LogP contribution in [0.25, 0.3) is 0 Å². The van der Waals surface area contributed by atoms with Gasteiger partial charge in [-0.1, -0.05) is 18.2 Å². The molecule has 2 rings (SSSR count). The molecule has 2 aromatic carbocycles. The van der Waals surface area contributed by atoms with E-state index in [0.717, 1.165) is 0 Å². The van der Waals surface area contributed by atoms with E-state index in [1.807, 2.05) is 0 Å². The minimum Gasteiger partial charge on any atom is -0.496 e. The van der Waals surface area contributed by atoms with Crippen LogP contribution >= 0.6 is 0 Å². The van der Waals surface area contributed by atoms with Crippen molar-refractivity contribution < 1.29 is 22.3 Å². The molecule has 2 nitrogen and oxygen atoms in total. The molecule has 0 saturated heterocycles. The Bertz CT molecular complexity index is 605. The lowest BCUT2D eigenvalue weighted by Crippen LogP contribution is -2.08. The second-order valence-electron chi connectivity index (χ2n) is 4.01. The van der Waals surface area contributed by atoms with Crippen molar-refractivity contribution in [2.24, 2.45) is 0 Å². The van der Waals surface area contributed by atoms with Gasteiger partial charge in [-0.15, -0.1) is 0 Å². The van der Waals surface area contributed by atoms with E-state index >= 15 is 0 Å². The highest BCUT2D eigenvalue weighted by atomic mass is 19.2. The molecule has 0 unspecified atom stereocenters. The molecule has 106 valence electrons. The fourth-order valence-corrected chi connectivity index (χ4v) is 1.76. The summed E-state index contributed by atoms with van der Waals surface area (Å²) in [5.74, 6) is -5.33. The Kier molecular flexibility index (Phi) is 4.12. The molecule has 0 bridgehead atoms. The fourth-order valence-electron chi connectivity index (χ4n) is 1.76. The number of para-hydroxylation sites is 1. The number of hydrogen-bond acceptors (Lipinski definition) is 2. The fraction of sp³-hybridized carbons (Fsp3) is 0.143. The molecule has 0 spiro atoms. The van der Waals surface area contributed by atoms with Crippen molar-refractivity contribution >= 4 is 5.69 Å². The Morgan fingerprint density at radius 3 is 2.20 bits per heavy atom. The molecule has 0 aliphatic carbocycles. The maximum Gasteiger partial charge on any atom is 0.185 e. The molecule has 0 amide bonds. The van der Waals surface area contributed by atoms with Gasteiger partial charge < -0.3 is 10.1 Å². The van der Waals surface area contributed by atoms with Crippen LogP contribution in [0.1, 0.15) is 5.56 Å². The third-order valence-corrected chi connectivity index (χ3v) is 2.76. The number of anilines is 1. The summed E-state index contributed by atoms with van der Waals surface area (Å²) < 4.78 is 58.1. The topological polar surface area (TPSA) is 21.3 Å². The number of benzene rings is 2. The molecule has 0 saturated carbocycles. The van der Waals surface area contributed by atoms with Crippen molar-refractivity contribution in [3.8, 4) is 5.75 Å². The zero-order valence-corrected chi connectivity index (χ0v) is 10.5. The number of nitrogens with one attached hydrogen (secondary N) is 1. The van der Waals surface area contributed by atoms with E-state index in [9.17, 15) is 17.6 Å². The van der Waals surface area contributed by atoms with E-state index in [4.69, 9.17) is 4.74 Å². The Labute approximate surface area is 113 Å². The predicted molar refractivity (Wildman–Crippen MR) is 66.6 cm³/mol. The molecule has 0 heterocycles. The second-order valence-corrected chi connectivity index (χ2v) is 4.01. The zero-order valence-electron chi connectivity index (χ0n) is 10.5. The van der Waals surface area contributed by atoms with Crippen LogP contribution < -0.4 is 10.1 Å². The van der Waals surface area contributed by atoms with Crippen molar-refractivity contribution in [2.45, 2.75) is 6.54 Å². The van der Waals surface area contributed by atoms with Crippen LogP contribution in [-0.2, 0) is 6.54 Å². The van der Waals surface area contributed by atoms with Gasteiger partial charge >= 0.3 is 0 Å². The first-order valence-electron chi connectivity index (χ1n) is 5.73. The van der Waals surface area contributed by atoms with Gasteiger partial charge in [0, 0.05) is 18.2 Å². The molecule has 0 fully saturated rings. The summed E-state index contributed by atoms with van der Waals surface area (Å²) in [5, 5.41) is 2.34. The number of ether oxygens (including phenoxy) is 1. The van der Waals surface area contributed by atoms with E-state index < -0.39 is 29.0 Å². The van der Waals surface area contributed by atoms with Gasteiger partial charge in [-0.3, -0.25) is 0 Å². The zero-order chi connectivity index (χ0) is 14.7. The first kappa shape index (κ1) is 14.2. The van der Waals surface area contributed by atoms with E-state index in [0.29, 0.717) is 11.3 Å². The number of rotatable bonds is 4. The molecule has 0 atom stereocenters. The molecule has 0 aromatic heterocycles. The molecule has 6 heteroatoms. The third kappa shape index (κ3) is 2.68. The molecule has 1 N–H and O–H groups in total. The van der Waals surface area contributed by atoms with Gasteiger partial charge in [-0.05, 0) is 6.07 Å². The maximum absolute atomic E-state index is 13.5. The standard InChI is InChI=1S/C14H11F4NO/c1-20-11-5-3-2-4-8(11)7-19-14-12(17)9(15)6-10(16)13(14)18/h2-6,19H,7H2,1H3. The minimum absolute atomic E-state index is 0.0409. The van der Waals surface area contributed by atoms with Gasteiger partial charge in [0.25, 0.3) is 0 Å². The minimum atomic E-state index is -1.46. The summed E-state index contributed by atoms with van der Waals surface area (Å²) in [6, 6.07) is 6.93. The SMILES string of the molecule is COc1ccccc1CNc1c(F)c(F)cc(F)c1F. The van der Waals surface area contributed by atoms with Crippen LogP contribution in [0.4, 0.5) is 23.2 Å². The first-order chi connectivity index (χ1) is 9.54. The summed E-state index contributed by atoms with van der Waals surface area (Å²) in [6.07, 6.45) is 0. The quantitative estimate of drug-likeness (QED) is 0.680. The Hall–Kier alpha value is -2.24. The van der Waals surface area contributed by atoms with Crippen LogP contribution in [0.5, 0.6) is 5.75 Å². The normalized spacial score (nSPS) is 10.4. The number of hydrogen-bond donors (Lipinski definition) is 1. The van der Waals surface area contributed by atoms with E-state index in [1.54, 1.807) is 24.3 Å². The van der Waals surface area contributed by atoms with Gasteiger partial charge in [0.15, 0.2) is 23.3 Å². The molecular weight excluding hydrogens is 274 g/mol. The number of halogens is 4. The van der Waals surface area contributed by atoms with Crippen LogP contribution in [-0.4, -0.2) is 7.11 Å². The van der Waals surface area contributed by atoms with Crippen molar-refractivity contribution in [3.63, 3.8) is 0 Å². The lowest BCUT2D eigenvalue weighted by Gasteiger charge is -2.12.